The summed E-state index contributed by atoms with van der Waals surface area (Å²) in [7, 11) is 0. The summed E-state index contributed by atoms with van der Waals surface area (Å²) in [6.07, 6.45) is 1.20. The molecule has 0 fully saturated rings. The van der Waals surface area contributed by atoms with Crippen molar-refractivity contribution in [3.8, 4) is 0 Å². The third-order valence-corrected chi connectivity index (χ3v) is 3.43. The maximum atomic E-state index is 2.55. The maximum absolute atomic E-state index is 2.55. The zero-order valence-corrected chi connectivity index (χ0v) is 10.2. The molecule has 1 aromatic rings. The lowest BCUT2D eigenvalue weighted by Crippen LogP contribution is -2.41. The molecule has 1 unspecified atom stereocenters. The van der Waals surface area contributed by atoms with E-state index in [1.807, 2.05) is 0 Å². The lowest BCUT2D eigenvalue weighted by Gasteiger charge is -2.36. The SMILES string of the molecule is CCN1c2ccccc2CC1C(C)(C)C. The quantitative estimate of drug-likeness (QED) is 0.675. The number of nitrogens with zero attached hydrogens (tertiary/aromatic N) is 1. The van der Waals surface area contributed by atoms with E-state index in [-0.39, 0.29) is 0 Å². The third-order valence-electron chi connectivity index (χ3n) is 3.43. The van der Waals surface area contributed by atoms with E-state index in [2.05, 4.69) is 56.9 Å². The average molecular weight is 203 g/mol. The van der Waals surface area contributed by atoms with Gasteiger partial charge in [-0.1, -0.05) is 39.0 Å². The van der Waals surface area contributed by atoms with Gasteiger partial charge >= 0.3 is 0 Å². The largest absolute Gasteiger partial charge is 0.368 e. The van der Waals surface area contributed by atoms with Crippen molar-refractivity contribution in [2.75, 3.05) is 11.4 Å². The van der Waals surface area contributed by atoms with Gasteiger partial charge < -0.3 is 4.90 Å². The van der Waals surface area contributed by atoms with Crippen molar-refractivity contribution >= 4 is 5.69 Å². The summed E-state index contributed by atoms with van der Waals surface area (Å²) in [5.41, 5.74) is 3.31. The minimum Gasteiger partial charge on any atom is -0.368 e. The Morgan fingerprint density at radius 2 is 1.93 bits per heavy atom. The number of benzene rings is 1. The molecule has 0 amide bonds. The van der Waals surface area contributed by atoms with Crippen molar-refractivity contribution in [1.82, 2.24) is 0 Å². The summed E-state index contributed by atoms with van der Waals surface area (Å²) in [5, 5.41) is 0. The van der Waals surface area contributed by atoms with Crippen LogP contribution in [0.3, 0.4) is 0 Å². The Kier molecular flexibility index (Phi) is 2.49. The highest BCUT2D eigenvalue weighted by atomic mass is 15.2. The van der Waals surface area contributed by atoms with Gasteiger partial charge in [-0.2, -0.15) is 0 Å². The molecule has 1 aliphatic heterocycles. The molecule has 1 nitrogen and oxygen atoms in total. The van der Waals surface area contributed by atoms with Gasteiger partial charge in [-0.25, -0.2) is 0 Å². The lowest BCUT2D eigenvalue weighted by atomic mass is 9.84. The smallest absolute Gasteiger partial charge is 0.0402 e. The molecular weight excluding hydrogens is 182 g/mol. The van der Waals surface area contributed by atoms with E-state index in [1.165, 1.54) is 17.7 Å². The number of hydrogen-bond acceptors (Lipinski definition) is 1. The van der Waals surface area contributed by atoms with Gasteiger partial charge in [-0.15, -0.1) is 0 Å². The van der Waals surface area contributed by atoms with Crippen LogP contribution in [0.1, 0.15) is 33.3 Å². The fraction of sp³-hybridized carbons (Fsp3) is 0.571. The molecule has 0 N–H and O–H groups in total. The van der Waals surface area contributed by atoms with Gasteiger partial charge in [-0.05, 0) is 30.4 Å². The predicted octanol–water partition coefficient (Wildman–Crippen LogP) is 3.48. The van der Waals surface area contributed by atoms with Crippen molar-refractivity contribution in [2.24, 2.45) is 5.41 Å². The highest BCUT2D eigenvalue weighted by Gasteiger charge is 2.35. The molecule has 0 saturated carbocycles. The summed E-state index contributed by atoms with van der Waals surface area (Å²) in [6.45, 7) is 10.4. The standard InChI is InChI=1S/C14H21N/c1-5-15-12-9-7-6-8-11(12)10-13(15)14(2,3)4/h6-9,13H,5,10H2,1-4H3. The molecule has 1 aromatic carbocycles. The second-order valence-corrected chi connectivity index (χ2v) is 5.50. The first-order valence-corrected chi connectivity index (χ1v) is 5.88. The Bertz CT molecular complexity index is 349. The van der Waals surface area contributed by atoms with Gasteiger partial charge in [0.05, 0.1) is 0 Å². The fourth-order valence-electron chi connectivity index (χ4n) is 2.61. The van der Waals surface area contributed by atoms with Gasteiger partial charge in [-0.3, -0.25) is 0 Å². The van der Waals surface area contributed by atoms with Crippen LogP contribution in [0.4, 0.5) is 5.69 Å². The zero-order valence-electron chi connectivity index (χ0n) is 10.2. The topological polar surface area (TPSA) is 3.24 Å². The van der Waals surface area contributed by atoms with Crippen molar-refractivity contribution in [1.29, 1.82) is 0 Å². The van der Waals surface area contributed by atoms with Crippen LogP contribution in [0, 0.1) is 5.41 Å². The zero-order chi connectivity index (χ0) is 11.1. The molecule has 0 spiro atoms. The Hall–Kier alpha value is -0.980. The summed E-state index contributed by atoms with van der Waals surface area (Å²) in [4.78, 5) is 2.55. The number of hydrogen-bond donors (Lipinski definition) is 0. The van der Waals surface area contributed by atoms with Crippen LogP contribution in [0.5, 0.6) is 0 Å². The molecule has 1 atom stereocenters. The Balaban J connectivity index is 2.37. The van der Waals surface area contributed by atoms with E-state index in [9.17, 15) is 0 Å². The van der Waals surface area contributed by atoms with Crippen LogP contribution in [0.15, 0.2) is 24.3 Å². The molecule has 1 heterocycles. The second kappa shape index (κ2) is 3.55. The van der Waals surface area contributed by atoms with Crippen LogP contribution in [0.25, 0.3) is 0 Å². The Labute approximate surface area is 93.1 Å². The molecule has 0 aromatic heterocycles. The number of rotatable bonds is 1. The molecule has 0 radical (unpaired) electrons. The van der Waals surface area contributed by atoms with Crippen molar-refractivity contribution in [3.63, 3.8) is 0 Å². The molecule has 2 rings (SSSR count). The van der Waals surface area contributed by atoms with Crippen LogP contribution in [-0.4, -0.2) is 12.6 Å². The molecule has 15 heavy (non-hydrogen) atoms. The highest BCUT2D eigenvalue weighted by Crippen LogP contribution is 2.39. The normalized spacial score (nSPS) is 20.5. The number of para-hydroxylation sites is 1. The van der Waals surface area contributed by atoms with Gasteiger partial charge in [0.2, 0.25) is 0 Å². The minimum absolute atomic E-state index is 0.356. The predicted molar refractivity (Wildman–Crippen MR) is 66.4 cm³/mol. The van der Waals surface area contributed by atoms with E-state index >= 15 is 0 Å². The lowest BCUT2D eigenvalue weighted by molar-refractivity contribution is 0.314. The highest BCUT2D eigenvalue weighted by molar-refractivity contribution is 5.59. The first kappa shape index (κ1) is 10.5. The monoisotopic (exact) mass is 203 g/mol. The van der Waals surface area contributed by atoms with E-state index in [4.69, 9.17) is 0 Å². The van der Waals surface area contributed by atoms with E-state index in [1.54, 1.807) is 0 Å². The van der Waals surface area contributed by atoms with E-state index in [0.29, 0.717) is 11.5 Å². The molecular formula is C14H21N. The molecule has 0 bridgehead atoms. The summed E-state index contributed by atoms with van der Waals surface area (Å²) in [5.74, 6) is 0. The Morgan fingerprint density at radius 1 is 1.27 bits per heavy atom. The molecule has 0 saturated heterocycles. The van der Waals surface area contributed by atoms with Crippen LogP contribution >= 0.6 is 0 Å². The van der Waals surface area contributed by atoms with Gasteiger partial charge in [0, 0.05) is 18.3 Å². The fourth-order valence-corrected chi connectivity index (χ4v) is 2.61. The number of likely N-dealkylation sites (N-methyl/N-ethyl adjacent to an activating group) is 1. The van der Waals surface area contributed by atoms with Gasteiger partial charge in [0.25, 0.3) is 0 Å². The summed E-state index contributed by atoms with van der Waals surface area (Å²) in [6, 6.07) is 9.47. The second-order valence-electron chi connectivity index (χ2n) is 5.50. The molecule has 1 aliphatic rings. The molecule has 82 valence electrons. The first-order chi connectivity index (χ1) is 7.04. The van der Waals surface area contributed by atoms with Gasteiger partial charge in [0.15, 0.2) is 0 Å². The van der Waals surface area contributed by atoms with Gasteiger partial charge in [0.1, 0.15) is 0 Å². The number of fused-ring (bicyclic) bond motifs is 1. The summed E-state index contributed by atoms with van der Waals surface area (Å²) < 4.78 is 0. The molecule has 0 aliphatic carbocycles. The van der Waals surface area contributed by atoms with Crippen LogP contribution < -0.4 is 4.90 Å². The minimum atomic E-state index is 0.356. The van der Waals surface area contributed by atoms with Crippen molar-refractivity contribution in [2.45, 2.75) is 40.2 Å². The van der Waals surface area contributed by atoms with Crippen molar-refractivity contribution < 1.29 is 0 Å². The van der Waals surface area contributed by atoms with E-state index < -0.39 is 0 Å². The maximum Gasteiger partial charge on any atom is 0.0402 e. The Morgan fingerprint density at radius 3 is 2.53 bits per heavy atom. The number of anilines is 1. The van der Waals surface area contributed by atoms with Crippen LogP contribution in [0.2, 0.25) is 0 Å². The summed E-state index contributed by atoms with van der Waals surface area (Å²) >= 11 is 0. The first-order valence-electron chi connectivity index (χ1n) is 5.88. The third kappa shape index (κ3) is 1.75. The molecule has 1 heteroatoms. The van der Waals surface area contributed by atoms with Crippen molar-refractivity contribution in [3.05, 3.63) is 29.8 Å². The van der Waals surface area contributed by atoms with E-state index in [0.717, 1.165) is 6.54 Å². The average Bonchev–Trinajstić information content (AvgIpc) is 2.55. The van der Waals surface area contributed by atoms with Crippen LogP contribution in [-0.2, 0) is 6.42 Å².